The van der Waals surface area contributed by atoms with Crippen LogP contribution in [0.3, 0.4) is 0 Å². The number of carboxylic acid groups (broad SMARTS) is 1. The van der Waals surface area contributed by atoms with Crippen LogP contribution in [0.2, 0.25) is 0 Å². The summed E-state index contributed by atoms with van der Waals surface area (Å²) in [4.78, 5) is 10.4. The van der Waals surface area contributed by atoms with E-state index >= 15 is 0 Å². The summed E-state index contributed by atoms with van der Waals surface area (Å²) in [6, 6.07) is 0.413. The van der Waals surface area contributed by atoms with E-state index in [0.29, 0.717) is 6.07 Å². The number of nitrogens with two attached hydrogens (primary N) is 1. The van der Waals surface area contributed by atoms with Gasteiger partial charge in [0, 0.05) is 12.5 Å². The lowest BCUT2D eigenvalue weighted by Gasteiger charge is -2.08. The lowest BCUT2D eigenvalue weighted by Crippen LogP contribution is -2.32. The molecule has 0 fully saturated rings. The number of aromatic hydroxyl groups is 2. The summed E-state index contributed by atoms with van der Waals surface area (Å²) >= 11 is 0. The number of benzene rings is 1. The Labute approximate surface area is 84.6 Å². The Hall–Kier alpha value is -1.82. The summed E-state index contributed by atoms with van der Waals surface area (Å²) in [6.45, 7) is 0. The molecule has 1 unspecified atom stereocenters. The zero-order valence-electron chi connectivity index (χ0n) is 7.64. The van der Waals surface area contributed by atoms with E-state index in [0.717, 1.165) is 6.07 Å². The molecule has 0 spiro atoms. The van der Waals surface area contributed by atoms with Crippen LogP contribution < -0.4 is 5.73 Å². The zero-order valence-corrected chi connectivity index (χ0v) is 7.64. The number of rotatable bonds is 3. The predicted octanol–water partition coefficient (Wildman–Crippen LogP) is 0.191. The van der Waals surface area contributed by atoms with Crippen LogP contribution in [-0.4, -0.2) is 27.3 Å². The van der Waals surface area contributed by atoms with Crippen LogP contribution >= 0.6 is 0 Å². The van der Waals surface area contributed by atoms with E-state index < -0.39 is 29.3 Å². The first-order valence-electron chi connectivity index (χ1n) is 4.10. The van der Waals surface area contributed by atoms with Crippen LogP contribution in [0.15, 0.2) is 12.1 Å². The molecule has 1 atom stereocenters. The van der Waals surface area contributed by atoms with Crippen molar-refractivity contribution >= 4 is 5.97 Å². The molecule has 15 heavy (non-hydrogen) atoms. The van der Waals surface area contributed by atoms with Crippen molar-refractivity contribution in [3.05, 3.63) is 23.5 Å². The van der Waals surface area contributed by atoms with E-state index in [4.69, 9.17) is 21.1 Å². The quantitative estimate of drug-likeness (QED) is 0.539. The molecule has 1 rings (SSSR count). The summed E-state index contributed by atoms with van der Waals surface area (Å²) in [7, 11) is 0. The summed E-state index contributed by atoms with van der Waals surface area (Å²) in [5.74, 6) is -3.17. The number of carboxylic acids is 1. The molecular weight excluding hydrogens is 205 g/mol. The second-order valence-corrected chi connectivity index (χ2v) is 3.08. The summed E-state index contributed by atoms with van der Waals surface area (Å²) in [5, 5.41) is 26.5. The number of hydrogen-bond donors (Lipinski definition) is 4. The molecule has 1 aromatic carbocycles. The third-order valence-electron chi connectivity index (χ3n) is 1.90. The highest BCUT2D eigenvalue weighted by molar-refractivity contribution is 5.73. The Balaban J connectivity index is 2.95. The van der Waals surface area contributed by atoms with Gasteiger partial charge in [-0.25, -0.2) is 4.39 Å². The minimum Gasteiger partial charge on any atom is -0.504 e. The Bertz CT molecular complexity index is 394. The van der Waals surface area contributed by atoms with Crippen molar-refractivity contribution in [1.29, 1.82) is 0 Å². The number of phenolic OH excluding ortho intramolecular Hbond substituents is 2. The molecule has 0 heterocycles. The van der Waals surface area contributed by atoms with E-state index in [2.05, 4.69) is 0 Å². The monoisotopic (exact) mass is 215 g/mol. The largest absolute Gasteiger partial charge is 0.504 e. The first kappa shape index (κ1) is 11.3. The Morgan fingerprint density at radius 1 is 1.40 bits per heavy atom. The van der Waals surface area contributed by atoms with Crippen molar-refractivity contribution in [2.75, 3.05) is 0 Å². The standard InChI is InChI=1S/C9H10FNO4/c10-5-3-8(13)7(12)2-4(5)1-6(11)9(14)15/h2-3,6,12-13H,1,11H2,(H,14,15). The van der Waals surface area contributed by atoms with Gasteiger partial charge in [0.1, 0.15) is 11.9 Å². The van der Waals surface area contributed by atoms with Crippen molar-refractivity contribution in [3.8, 4) is 11.5 Å². The van der Waals surface area contributed by atoms with Crippen LogP contribution in [0.1, 0.15) is 5.56 Å². The molecule has 0 amide bonds. The van der Waals surface area contributed by atoms with Crippen molar-refractivity contribution in [2.45, 2.75) is 12.5 Å². The zero-order chi connectivity index (χ0) is 11.6. The topological polar surface area (TPSA) is 104 Å². The van der Waals surface area contributed by atoms with Gasteiger partial charge in [-0.3, -0.25) is 4.79 Å². The van der Waals surface area contributed by atoms with Gasteiger partial charge in [0.15, 0.2) is 11.5 Å². The fraction of sp³-hybridized carbons (Fsp3) is 0.222. The fourth-order valence-electron chi connectivity index (χ4n) is 1.08. The summed E-state index contributed by atoms with van der Waals surface area (Å²) in [5.41, 5.74) is 5.14. The average Bonchev–Trinajstić information content (AvgIpc) is 2.13. The molecule has 0 aliphatic heterocycles. The van der Waals surface area contributed by atoms with E-state index in [9.17, 15) is 9.18 Å². The van der Waals surface area contributed by atoms with E-state index in [1.807, 2.05) is 0 Å². The molecule has 82 valence electrons. The van der Waals surface area contributed by atoms with Crippen LogP contribution in [0.25, 0.3) is 0 Å². The van der Waals surface area contributed by atoms with Crippen molar-refractivity contribution in [2.24, 2.45) is 5.73 Å². The Kier molecular flexibility index (Phi) is 3.11. The average molecular weight is 215 g/mol. The third-order valence-corrected chi connectivity index (χ3v) is 1.90. The highest BCUT2D eigenvalue weighted by Crippen LogP contribution is 2.27. The molecule has 6 heteroatoms. The minimum atomic E-state index is -1.26. The van der Waals surface area contributed by atoms with Gasteiger partial charge in [-0.15, -0.1) is 0 Å². The van der Waals surface area contributed by atoms with Crippen LogP contribution in [0, 0.1) is 5.82 Å². The normalized spacial score (nSPS) is 12.4. The first-order valence-corrected chi connectivity index (χ1v) is 4.10. The van der Waals surface area contributed by atoms with E-state index in [1.54, 1.807) is 0 Å². The molecule has 0 radical (unpaired) electrons. The minimum absolute atomic E-state index is 0.0554. The van der Waals surface area contributed by atoms with Crippen LogP contribution in [0.5, 0.6) is 11.5 Å². The predicted molar refractivity (Wildman–Crippen MR) is 49.0 cm³/mol. The molecular formula is C9H10FNO4. The molecule has 5 N–H and O–H groups in total. The highest BCUT2D eigenvalue weighted by atomic mass is 19.1. The molecule has 0 aliphatic rings. The molecule has 0 saturated carbocycles. The van der Waals surface area contributed by atoms with Gasteiger partial charge >= 0.3 is 5.97 Å². The van der Waals surface area contributed by atoms with Crippen LogP contribution in [-0.2, 0) is 11.2 Å². The maximum Gasteiger partial charge on any atom is 0.320 e. The lowest BCUT2D eigenvalue weighted by atomic mass is 10.1. The third kappa shape index (κ3) is 2.57. The number of hydrogen-bond acceptors (Lipinski definition) is 4. The summed E-state index contributed by atoms with van der Waals surface area (Å²) < 4.78 is 13.1. The number of halogens is 1. The van der Waals surface area contributed by atoms with Gasteiger partial charge in [-0.1, -0.05) is 0 Å². The maximum absolute atomic E-state index is 13.1. The second-order valence-electron chi connectivity index (χ2n) is 3.08. The van der Waals surface area contributed by atoms with E-state index in [-0.39, 0.29) is 12.0 Å². The Morgan fingerprint density at radius 3 is 2.47 bits per heavy atom. The van der Waals surface area contributed by atoms with Crippen molar-refractivity contribution in [1.82, 2.24) is 0 Å². The second kappa shape index (κ2) is 4.14. The highest BCUT2D eigenvalue weighted by Gasteiger charge is 2.16. The molecule has 1 aromatic rings. The van der Waals surface area contributed by atoms with Crippen LogP contribution in [0.4, 0.5) is 4.39 Å². The smallest absolute Gasteiger partial charge is 0.320 e. The van der Waals surface area contributed by atoms with Gasteiger partial charge < -0.3 is 21.1 Å². The van der Waals surface area contributed by atoms with Gasteiger partial charge in [0.2, 0.25) is 0 Å². The lowest BCUT2D eigenvalue weighted by molar-refractivity contribution is -0.138. The van der Waals surface area contributed by atoms with Gasteiger partial charge in [-0.05, 0) is 11.6 Å². The molecule has 0 aliphatic carbocycles. The maximum atomic E-state index is 13.1. The van der Waals surface area contributed by atoms with Crippen molar-refractivity contribution in [3.63, 3.8) is 0 Å². The molecule has 0 bridgehead atoms. The number of carbonyl (C=O) groups is 1. The van der Waals surface area contributed by atoms with Gasteiger partial charge in [-0.2, -0.15) is 0 Å². The molecule has 0 saturated heterocycles. The molecule has 0 aromatic heterocycles. The fourth-order valence-corrected chi connectivity index (χ4v) is 1.08. The first-order chi connectivity index (χ1) is 6.91. The SMILES string of the molecule is NC(Cc1cc(O)c(O)cc1F)C(=O)O. The van der Waals surface area contributed by atoms with E-state index in [1.165, 1.54) is 0 Å². The summed E-state index contributed by atoms with van der Waals surface area (Å²) in [6.07, 6.45) is -0.255. The number of aliphatic carboxylic acids is 1. The number of phenols is 2. The molecule has 5 nitrogen and oxygen atoms in total. The Morgan fingerprint density at radius 2 is 1.93 bits per heavy atom. The van der Waals surface area contributed by atoms with Gasteiger partial charge in [0.25, 0.3) is 0 Å². The van der Waals surface area contributed by atoms with Gasteiger partial charge in [0.05, 0.1) is 0 Å². The van der Waals surface area contributed by atoms with Crippen molar-refractivity contribution < 1.29 is 24.5 Å².